The molecule has 1 aromatic heterocycles. The van der Waals surface area contributed by atoms with Crippen LogP contribution in [0, 0.1) is 0 Å². The van der Waals surface area contributed by atoms with E-state index in [1.54, 1.807) is 18.3 Å². The Morgan fingerprint density at radius 2 is 2.05 bits per heavy atom. The number of nitrogens with one attached hydrogen (secondary N) is 1. The average molecular weight is 340 g/mol. The van der Waals surface area contributed by atoms with Crippen molar-refractivity contribution in [2.75, 3.05) is 0 Å². The van der Waals surface area contributed by atoms with E-state index in [9.17, 15) is 4.79 Å². The van der Waals surface area contributed by atoms with Crippen LogP contribution in [0.4, 0.5) is 0 Å². The van der Waals surface area contributed by atoms with Crippen molar-refractivity contribution < 1.29 is 4.79 Å². The monoisotopic (exact) mass is 338 g/mol. The number of hydrogen-bond acceptors (Lipinski definition) is 2. The quantitative estimate of drug-likeness (QED) is 0.859. The van der Waals surface area contributed by atoms with Gasteiger partial charge in [-0.3, -0.25) is 4.79 Å². The van der Waals surface area contributed by atoms with E-state index in [4.69, 9.17) is 11.6 Å². The molecule has 1 aromatic carbocycles. The van der Waals surface area contributed by atoms with Crippen molar-refractivity contribution in [2.45, 2.75) is 13.0 Å². The fraction of sp³-hybridized carbons (Fsp3) is 0.143. The number of nitrogens with zero attached hydrogens (tertiary/aromatic N) is 1. The maximum Gasteiger partial charge on any atom is 0.254 e. The zero-order chi connectivity index (χ0) is 13.8. The van der Waals surface area contributed by atoms with E-state index in [2.05, 4.69) is 26.2 Å². The van der Waals surface area contributed by atoms with Crippen molar-refractivity contribution in [3.8, 4) is 0 Å². The van der Waals surface area contributed by atoms with Gasteiger partial charge in [-0.15, -0.1) is 0 Å². The summed E-state index contributed by atoms with van der Waals surface area (Å²) in [5.74, 6) is -0.235. The number of carbonyl (C=O) groups is 1. The lowest BCUT2D eigenvalue weighted by Crippen LogP contribution is -2.27. The van der Waals surface area contributed by atoms with E-state index in [0.29, 0.717) is 5.56 Å². The van der Waals surface area contributed by atoms with Crippen LogP contribution in [0.15, 0.2) is 47.1 Å². The summed E-state index contributed by atoms with van der Waals surface area (Å²) in [7, 11) is 0. The van der Waals surface area contributed by atoms with Gasteiger partial charge in [0.15, 0.2) is 0 Å². The molecule has 0 radical (unpaired) electrons. The molecule has 98 valence electrons. The number of pyridine rings is 1. The maximum absolute atomic E-state index is 12.1. The van der Waals surface area contributed by atoms with Gasteiger partial charge in [0.25, 0.3) is 5.91 Å². The van der Waals surface area contributed by atoms with Gasteiger partial charge in [0.1, 0.15) is 5.15 Å². The minimum Gasteiger partial charge on any atom is -0.345 e. The summed E-state index contributed by atoms with van der Waals surface area (Å²) in [4.78, 5) is 16.0. The lowest BCUT2D eigenvalue weighted by Gasteiger charge is -2.16. The summed E-state index contributed by atoms with van der Waals surface area (Å²) < 4.78 is 0.958. The molecule has 1 heterocycles. The molecule has 0 aliphatic rings. The molecule has 0 aliphatic carbocycles. The van der Waals surface area contributed by atoms with E-state index in [-0.39, 0.29) is 17.1 Å². The van der Waals surface area contributed by atoms with Crippen LogP contribution in [0.2, 0.25) is 5.15 Å². The van der Waals surface area contributed by atoms with Gasteiger partial charge < -0.3 is 5.32 Å². The lowest BCUT2D eigenvalue weighted by molar-refractivity contribution is 0.0939. The second-order valence-corrected chi connectivity index (χ2v) is 5.27. The molecule has 1 unspecified atom stereocenters. The molecule has 2 rings (SSSR count). The summed E-state index contributed by atoms with van der Waals surface area (Å²) in [6, 6.07) is 11.0. The SMILES string of the molecule is CC(NC(=O)c1cccnc1Cl)c1ccccc1Br. The summed E-state index contributed by atoms with van der Waals surface area (Å²) in [6.07, 6.45) is 1.55. The first-order chi connectivity index (χ1) is 9.09. The zero-order valence-electron chi connectivity index (χ0n) is 10.2. The molecule has 1 N–H and O–H groups in total. The third kappa shape index (κ3) is 3.33. The molecule has 0 saturated carbocycles. The first-order valence-corrected chi connectivity index (χ1v) is 6.92. The summed E-state index contributed by atoms with van der Waals surface area (Å²) in [5.41, 5.74) is 1.39. The molecule has 5 heteroatoms. The molecule has 0 saturated heterocycles. The number of halogens is 2. The van der Waals surface area contributed by atoms with Crippen molar-refractivity contribution >= 4 is 33.4 Å². The van der Waals surface area contributed by atoms with Crippen LogP contribution >= 0.6 is 27.5 Å². The van der Waals surface area contributed by atoms with Gasteiger partial charge in [0, 0.05) is 10.7 Å². The van der Waals surface area contributed by atoms with E-state index in [1.165, 1.54) is 0 Å². The number of benzene rings is 1. The minimum atomic E-state index is -0.235. The maximum atomic E-state index is 12.1. The van der Waals surface area contributed by atoms with Crippen LogP contribution in [0.1, 0.15) is 28.9 Å². The van der Waals surface area contributed by atoms with Crippen molar-refractivity contribution in [2.24, 2.45) is 0 Å². The Balaban J connectivity index is 2.16. The van der Waals surface area contributed by atoms with Gasteiger partial charge in [0.05, 0.1) is 11.6 Å². The smallest absolute Gasteiger partial charge is 0.254 e. The third-order valence-electron chi connectivity index (χ3n) is 2.72. The second kappa shape index (κ2) is 6.17. The highest BCUT2D eigenvalue weighted by Crippen LogP contribution is 2.23. The van der Waals surface area contributed by atoms with Crippen molar-refractivity contribution in [1.82, 2.24) is 10.3 Å². The Morgan fingerprint density at radius 3 is 2.74 bits per heavy atom. The number of amides is 1. The average Bonchev–Trinajstić information content (AvgIpc) is 2.39. The van der Waals surface area contributed by atoms with Crippen molar-refractivity contribution in [3.63, 3.8) is 0 Å². The van der Waals surface area contributed by atoms with Crippen LogP contribution in [-0.2, 0) is 0 Å². The molecular weight excluding hydrogens is 328 g/mol. The van der Waals surface area contributed by atoms with Crippen LogP contribution < -0.4 is 5.32 Å². The van der Waals surface area contributed by atoms with Gasteiger partial charge in [-0.05, 0) is 30.7 Å². The third-order valence-corrected chi connectivity index (χ3v) is 3.75. The molecule has 1 amide bonds. The standard InChI is InChI=1S/C14H12BrClN2O/c1-9(10-5-2-3-7-12(10)15)18-14(19)11-6-4-8-17-13(11)16/h2-9H,1H3,(H,18,19). The number of carbonyl (C=O) groups excluding carboxylic acids is 1. The largest absolute Gasteiger partial charge is 0.345 e. The number of aromatic nitrogens is 1. The predicted molar refractivity (Wildman–Crippen MR) is 79.3 cm³/mol. The van der Waals surface area contributed by atoms with Crippen molar-refractivity contribution in [1.29, 1.82) is 0 Å². The molecule has 2 aromatic rings. The topological polar surface area (TPSA) is 42.0 Å². The Kier molecular flexibility index (Phi) is 4.56. The van der Waals surface area contributed by atoms with Gasteiger partial charge in [0.2, 0.25) is 0 Å². The van der Waals surface area contributed by atoms with Crippen LogP contribution in [-0.4, -0.2) is 10.9 Å². The van der Waals surface area contributed by atoms with Gasteiger partial charge in [-0.1, -0.05) is 45.7 Å². The number of hydrogen-bond donors (Lipinski definition) is 1. The first-order valence-electron chi connectivity index (χ1n) is 5.75. The Labute approximate surface area is 125 Å². The van der Waals surface area contributed by atoms with Crippen LogP contribution in [0.25, 0.3) is 0 Å². The fourth-order valence-corrected chi connectivity index (χ4v) is 2.57. The highest BCUT2D eigenvalue weighted by atomic mass is 79.9. The normalized spacial score (nSPS) is 11.9. The molecule has 1 atom stereocenters. The summed E-state index contributed by atoms with van der Waals surface area (Å²) in [6.45, 7) is 1.92. The fourth-order valence-electron chi connectivity index (χ4n) is 1.73. The minimum absolute atomic E-state index is 0.126. The number of rotatable bonds is 3. The van der Waals surface area contributed by atoms with E-state index >= 15 is 0 Å². The van der Waals surface area contributed by atoms with Gasteiger partial charge >= 0.3 is 0 Å². The Morgan fingerprint density at radius 1 is 1.32 bits per heavy atom. The summed E-state index contributed by atoms with van der Waals surface area (Å²) >= 11 is 9.37. The zero-order valence-corrected chi connectivity index (χ0v) is 12.6. The predicted octanol–water partition coefficient (Wildman–Crippen LogP) is 3.99. The van der Waals surface area contributed by atoms with Crippen LogP contribution in [0.5, 0.6) is 0 Å². The van der Waals surface area contributed by atoms with Crippen LogP contribution in [0.3, 0.4) is 0 Å². The molecule has 0 spiro atoms. The van der Waals surface area contributed by atoms with E-state index < -0.39 is 0 Å². The molecule has 0 bridgehead atoms. The summed E-state index contributed by atoms with van der Waals surface area (Å²) in [5, 5.41) is 3.11. The van der Waals surface area contributed by atoms with E-state index in [0.717, 1.165) is 10.0 Å². The lowest BCUT2D eigenvalue weighted by atomic mass is 10.1. The highest BCUT2D eigenvalue weighted by molar-refractivity contribution is 9.10. The molecule has 0 fully saturated rings. The first kappa shape index (κ1) is 14.0. The Bertz CT molecular complexity index is 604. The van der Waals surface area contributed by atoms with Crippen molar-refractivity contribution in [3.05, 3.63) is 63.3 Å². The second-order valence-electron chi connectivity index (χ2n) is 4.06. The molecular formula is C14H12BrClN2O. The molecule has 19 heavy (non-hydrogen) atoms. The highest BCUT2D eigenvalue weighted by Gasteiger charge is 2.15. The molecule has 3 nitrogen and oxygen atoms in total. The van der Waals surface area contributed by atoms with Gasteiger partial charge in [-0.25, -0.2) is 4.98 Å². The van der Waals surface area contributed by atoms with Gasteiger partial charge in [-0.2, -0.15) is 0 Å². The Hall–Kier alpha value is -1.39. The van der Waals surface area contributed by atoms with E-state index in [1.807, 2.05) is 31.2 Å². The molecule has 0 aliphatic heterocycles.